The molecule has 0 aliphatic heterocycles. The van der Waals surface area contributed by atoms with Crippen molar-refractivity contribution in [1.82, 2.24) is 4.72 Å². The predicted molar refractivity (Wildman–Crippen MR) is 74.2 cm³/mol. The number of rotatable bonds is 7. The predicted octanol–water partition coefficient (Wildman–Crippen LogP) is 1.13. The molecule has 0 fully saturated rings. The summed E-state index contributed by atoms with van der Waals surface area (Å²) in [7, 11) is -3.74. The molecule has 20 heavy (non-hydrogen) atoms. The van der Waals surface area contributed by atoms with Gasteiger partial charge >= 0.3 is 5.97 Å². The second-order valence-corrected chi connectivity index (χ2v) is 6.36. The fraction of sp³-hybridized carbons (Fsp3) is 0.462. The summed E-state index contributed by atoms with van der Waals surface area (Å²) in [6.07, 6.45) is 0.530. The fourth-order valence-corrected chi connectivity index (χ4v) is 3.16. The van der Waals surface area contributed by atoms with Crippen molar-refractivity contribution in [2.75, 3.05) is 6.54 Å². The van der Waals surface area contributed by atoms with Crippen LogP contribution in [0.4, 0.5) is 0 Å². The van der Waals surface area contributed by atoms with Gasteiger partial charge in [0.05, 0.1) is 16.6 Å². The number of aliphatic hydroxyl groups is 1. The molecule has 0 spiro atoms. The lowest BCUT2D eigenvalue weighted by Crippen LogP contribution is -2.26. The van der Waals surface area contributed by atoms with Crippen LogP contribution in [-0.2, 0) is 10.0 Å². The highest BCUT2D eigenvalue weighted by molar-refractivity contribution is 7.89. The number of carboxylic acid groups (broad SMARTS) is 1. The molecule has 1 aromatic rings. The van der Waals surface area contributed by atoms with Crippen LogP contribution in [0.2, 0.25) is 0 Å². The van der Waals surface area contributed by atoms with Crippen LogP contribution in [0.15, 0.2) is 23.1 Å². The molecule has 1 rings (SSSR count). The van der Waals surface area contributed by atoms with Gasteiger partial charge in [0.15, 0.2) is 0 Å². The van der Waals surface area contributed by atoms with Crippen molar-refractivity contribution in [2.45, 2.75) is 37.7 Å². The SMILES string of the molecule is Cc1c(C(=O)O)cccc1S(=O)(=O)NCCCC(C)O. The third-order valence-electron chi connectivity index (χ3n) is 2.89. The molecule has 1 atom stereocenters. The summed E-state index contributed by atoms with van der Waals surface area (Å²) >= 11 is 0. The fourth-order valence-electron chi connectivity index (χ4n) is 1.82. The normalized spacial score (nSPS) is 13.2. The summed E-state index contributed by atoms with van der Waals surface area (Å²) in [5.41, 5.74) is 0.180. The van der Waals surface area contributed by atoms with Crippen molar-refractivity contribution in [1.29, 1.82) is 0 Å². The first kappa shape index (κ1) is 16.6. The maximum absolute atomic E-state index is 12.1. The van der Waals surface area contributed by atoms with Gasteiger partial charge in [0.25, 0.3) is 0 Å². The summed E-state index contributed by atoms with van der Waals surface area (Å²) in [5.74, 6) is -1.16. The van der Waals surface area contributed by atoms with Crippen LogP contribution in [0.25, 0.3) is 0 Å². The minimum absolute atomic E-state index is 0.0307. The highest BCUT2D eigenvalue weighted by Gasteiger charge is 2.20. The Morgan fingerprint density at radius 2 is 2.05 bits per heavy atom. The second-order valence-electron chi connectivity index (χ2n) is 4.62. The van der Waals surface area contributed by atoms with Gasteiger partial charge < -0.3 is 10.2 Å². The lowest BCUT2D eigenvalue weighted by molar-refractivity contribution is 0.0695. The van der Waals surface area contributed by atoms with Crippen LogP contribution in [0.1, 0.15) is 35.7 Å². The average Bonchev–Trinajstić information content (AvgIpc) is 2.34. The van der Waals surface area contributed by atoms with Crippen molar-refractivity contribution >= 4 is 16.0 Å². The highest BCUT2D eigenvalue weighted by Crippen LogP contribution is 2.18. The Balaban J connectivity index is 2.88. The number of carboxylic acids is 1. The molecule has 0 saturated heterocycles. The van der Waals surface area contributed by atoms with Crippen LogP contribution in [0, 0.1) is 6.92 Å². The summed E-state index contributed by atoms with van der Waals surface area (Å²) in [5, 5.41) is 18.1. The van der Waals surface area contributed by atoms with Crippen LogP contribution in [0.3, 0.4) is 0 Å². The van der Waals surface area contributed by atoms with Crippen LogP contribution < -0.4 is 4.72 Å². The van der Waals surface area contributed by atoms with Crippen molar-refractivity contribution in [3.05, 3.63) is 29.3 Å². The molecule has 0 radical (unpaired) electrons. The van der Waals surface area contributed by atoms with E-state index in [2.05, 4.69) is 4.72 Å². The third kappa shape index (κ3) is 4.29. The lowest BCUT2D eigenvalue weighted by Gasteiger charge is -2.11. The number of aliphatic hydroxyl groups excluding tert-OH is 1. The molecule has 1 unspecified atom stereocenters. The number of aromatic carboxylic acids is 1. The maximum atomic E-state index is 12.1. The average molecular weight is 301 g/mol. The molecule has 7 heteroatoms. The van der Waals surface area contributed by atoms with E-state index in [0.29, 0.717) is 12.8 Å². The molecule has 0 aliphatic rings. The Hall–Kier alpha value is -1.44. The Morgan fingerprint density at radius 3 is 2.60 bits per heavy atom. The third-order valence-corrected chi connectivity index (χ3v) is 4.50. The molecule has 0 aromatic heterocycles. The van der Waals surface area contributed by atoms with Gasteiger partial charge in [-0.25, -0.2) is 17.9 Å². The molecule has 0 saturated carbocycles. The van der Waals surface area contributed by atoms with E-state index in [-0.39, 0.29) is 22.6 Å². The Kier molecular flexibility index (Phi) is 5.67. The molecule has 0 amide bonds. The zero-order valence-corrected chi connectivity index (χ0v) is 12.3. The van der Waals surface area contributed by atoms with E-state index in [4.69, 9.17) is 10.2 Å². The largest absolute Gasteiger partial charge is 0.478 e. The molecule has 0 bridgehead atoms. The Morgan fingerprint density at radius 1 is 1.40 bits per heavy atom. The smallest absolute Gasteiger partial charge is 0.335 e. The Labute approximate surface area is 118 Å². The number of nitrogens with one attached hydrogen (secondary N) is 1. The first-order valence-corrected chi connectivity index (χ1v) is 7.74. The van der Waals surface area contributed by atoms with Gasteiger partial charge in [-0.15, -0.1) is 0 Å². The first-order chi connectivity index (χ1) is 9.25. The minimum atomic E-state index is -3.74. The summed E-state index contributed by atoms with van der Waals surface area (Å²) in [6.45, 7) is 3.30. The van der Waals surface area contributed by atoms with E-state index in [1.807, 2.05) is 0 Å². The van der Waals surface area contributed by atoms with Gasteiger partial charge in [0.1, 0.15) is 0 Å². The maximum Gasteiger partial charge on any atom is 0.335 e. The molecule has 112 valence electrons. The highest BCUT2D eigenvalue weighted by atomic mass is 32.2. The quantitative estimate of drug-likeness (QED) is 0.655. The molecule has 3 N–H and O–H groups in total. The number of hydrogen-bond donors (Lipinski definition) is 3. The molecule has 6 nitrogen and oxygen atoms in total. The molecule has 1 aromatic carbocycles. The topological polar surface area (TPSA) is 104 Å². The van der Waals surface area contributed by atoms with Crippen LogP contribution in [-0.4, -0.2) is 37.2 Å². The zero-order valence-electron chi connectivity index (χ0n) is 11.5. The van der Waals surface area contributed by atoms with Crippen molar-refractivity contribution in [3.8, 4) is 0 Å². The van der Waals surface area contributed by atoms with E-state index in [0.717, 1.165) is 0 Å². The van der Waals surface area contributed by atoms with E-state index in [9.17, 15) is 13.2 Å². The lowest BCUT2D eigenvalue weighted by atomic mass is 10.1. The van der Waals surface area contributed by atoms with Gasteiger partial charge in [-0.2, -0.15) is 0 Å². The molecule has 0 heterocycles. The minimum Gasteiger partial charge on any atom is -0.478 e. The molecular formula is C13H19NO5S. The summed E-state index contributed by atoms with van der Waals surface area (Å²) in [6, 6.07) is 4.14. The summed E-state index contributed by atoms with van der Waals surface area (Å²) < 4.78 is 26.6. The second kappa shape index (κ2) is 6.83. The first-order valence-electron chi connectivity index (χ1n) is 6.26. The van der Waals surface area contributed by atoms with Gasteiger partial charge in [-0.3, -0.25) is 0 Å². The molecular weight excluding hydrogens is 282 g/mol. The van der Waals surface area contributed by atoms with E-state index >= 15 is 0 Å². The Bertz CT molecular complexity index is 580. The number of sulfonamides is 1. The number of benzene rings is 1. The number of carbonyl (C=O) groups is 1. The number of hydrogen-bond acceptors (Lipinski definition) is 4. The zero-order chi connectivity index (χ0) is 15.3. The van der Waals surface area contributed by atoms with E-state index in [1.165, 1.54) is 25.1 Å². The standard InChI is InChI=1S/C13H19NO5S/c1-9(15)5-4-8-14-20(18,19)12-7-3-6-11(10(12)2)13(16)17/h3,6-7,9,14-15H,4-5,8H2,1-2H3,(H,16,17). The van der Waals surface area contributed by atoms with Crippen molar-refractivity contribution in [3.63, 3.8) is 0 Å². The monoisotopic (exact) mass is 301 g/mol. The van der Waals surface area contributed by atoms with Crippen molar-refractivity contribution < 1.29 is 23.4 Å². The van der Waals surface area contributed by atoms with Crippen LogP contribution >= 0.6 is 0 Å². The van der Waals surface area contributed by atoms with Gasteiger partial charge in [0, 0.05) is 6.54 Å². The van der Waals surface area contributed by atoms with E-state index < -0.39 is 22.1 Å². The van der Waals surface area contributed by atoms with E-state index in [1.54, 1.807) is 6.92 Å². The van der Waals surface area contributed by atoms with Gasteiger partial charge in [-0.1, -0.05) is 6.07 Å². The molecule has 0 aliphatic carbocycles. The summed E-state index contributed by atoms with van der Waals surface area (Å²) in [4.78, 5) is 11.0. The van der Waals surface area contributed by atoms with Crippen molar-refractivity contribution in [2.24, 2.45) is 0 Å². The van der Waals surface area contributed by atoms with Gasteiger partial charge in [0.2, 0.25) is 10.0 Å². The van der Waals surface area contributed by atoms with Crippen LogP contribution in [0.5, 0.6) is 0 Å². The van der Waals surface area contributed by atoms with Gasteiger partial charge in [-0.05, 0) is 44.4 Å².